The number of para-hydroxylation sites is 1. The third-order valence-electron chi connectivity index (χ3n) is 5.62. The first-order valence-corrected chi connectivity index (χ1v) is 10.7. The summed E-state index contributed by atoms with van der Waals surface area (Å²) in [5.41, 5.74) is 1.87. The summed E-state index contributed by atoms with van der Waals surface area (Å²) in [4.78, 5) is 26.9. The molecule has 4 rings (SSSR count). The first-order valence-electron chi connectivity index (χ1n) is 10.4. The summed E-state index contributed by atoms with van der Waals surface area (Å²) in [6.45, 7) is 1.54. The van der Waals surface area contributed by atoms with Crippen LogP contribution < -0.4 is 10.1 Å². The Morgan fingerprint density at radius 2 is 2.13 bits per heavy atom. The van der Waals surface area contributed by atoms with E-state index in [1.54, 1.807) is 12.0 Å². The zero-order valence-corrected chi connectivity index (χ0v) is 18.1. The van der Waals surface area contributed by atoms with Gasteiger partial charge in [0, 0.05) is 35.5 Å². The second-order valence-corrected chi connectivity index (χ2v) is 8.04. The predicted molar refractivity (Wildman–Crippen MR) is 119 cm³/mol. The number of likely N-dealkylation sites (tertiary alicyclic amines) is 1. The summed E-state index contributed by atoms with van der Waals surface area (Å²) < 4.78 is 7.27. The van der Waals surface area contributed by atoms with Gasteiger partial charge < -0.3 is 15.0 Å². The standard InChI is InChI=1S/C23H25ClN4O3/c1-31-21-6-3-2-5-17(21)15-27-19(9-10-22(27)29)23(30)25-11-4-12-28-20-13-18(24)8-7-16(20)14-26-28/h2-3,5-8,13-14,19H,4,9-12,15H2,1H3,(H,25,30). The van der Waals surface area contributed by atoms with Crippen LogP contribution in [-0.4, -0.2) is 46.2 Å². The molecule has 0 bridgehead atoms. The number of amides is 2. The molecule has 8 heteroatoms. The number of benzene rings is 2. The highest BCUT2D eigenvalue weighted by molar-refractivity contribution is 6.31. The van der Waals surface area contributed by atoms with Gasteiger partial charge in [-0.3, -0.25) is 14.3 Å². The van der Waals surface area contributed by atoms with Gasteiger partial charge in [0.1, 0.15) is 11.8 Å². The molecule has 31 heavy (non-hydrogen) atoms. The smallest absolute Gasteiger partial charge is 0.242 e. The van der Waals surface area contributed by atoms with Crippen molar-refractivity contribution < 1.29 is 14.3 Å². The fourth-order valence-electron chi connectivity index (χ4n) is 4.00. The number of carbonyl (C=O) groups excluding carboxylic acids is 2. The number of hydrogen-bond acceptors (Lipinski definition) is 4. The van der Waals surface area contributed by atoms with Gasteiger partial charge in [-0.15, -0.1) is 0 Å². The molecule has 1 fully saturated rings. The molecule has 1 aliphatic heterocycles. The van der Waals surface area contributed by atoms with Gasteiger partial charge in [-0.05, 0) is 37.1 Å². The molecular formula is C23H25ClN4O3. The van der Waals surface area contributed by atoms with Crippen molar-refractivity contribution >= 4 is 34.3 Å². The first kappa shape index (κ1) is 21.2. The van der Waals surface area contributed by atoms with Gasteiger partial charge in [-0.1, -0.05) is 29.8 Å². The summed E-state index contributed by atoms with van der Waals surface area (Å²) in [6, 6.07) is 12.8. The number of aryl methyl sites for hydroxylation is 1. The molecule has 1 atom stereocenters. The van der Waals surface area contributed by atoms with Crippen LogP contribution in [0.5, 0.6) is 5.75 Å². The second kappa shape index (κ2) is 9.39. The number of carbonyl (C=O) groups is 2. The zero-order chi connectivity index (χ0) is 21.8. The SMILES string of the molecule is COc1ccccc1CN1C(=O)CCC1C(=O)NCCCn1ncc2ccc(Cl)cc21. The third-order valence-corrected chi connectivity index (χ3v) is 5.85. The molecule has 1 unspecified atom stereocenters. The van der Waals surface area contributed by atoms with Gasteiger partial charge in [-0.25, -0.2) is 0 Å². The van der Waals surface area contributed by atoms with Crippen molar-refractivity contribution in [3.05, 3.63) is 59.2 Å². The fourth-order valence-corrected chi connectivity index (χ4v) is 4.17. The van der Waals surface area contributed by atoms with E-state index in [1.807, 2.05) is 53.3 Å². The maximum absolute atomic E-state index is 12.8. The van der Waals surface area contributed by atoms with Crippen molar-refractivity contribution in [3.8, 4) is 5.75 Å². The number of halogens is 1. The van der Waals surface area contributed by atoms with Gasteiger partial charge in [-0.2, -0.15) is 5.10 Å². The monoisotopic (exact) mass is 440 g/mol. The third kappa shape index (κ3) is 4.66. The van der Waals surface area contributed by atoms with E-state index in [0.717, 1.165) is 22.9 Å². The molecule has 3 aromatic rings. The van der Waals surface area contributed by atoms with Crippen molar-refractivity contribution in [2.45, 2.75) is 38.4 Å². The number of nitrogens with one attached hydrogen (secondary N) is 1. The fraction of sp³-hybridized carbons (Fsp3) is 0.348. The van der Waals surface area contributed by atoms with E-state index in [-0.39, 0.29) is 11.8 Å². The number of nitrogens with zero attached hydrogens (tertiary/aromatic N) is 3. The van der Waals surface area contributed by atoms with Crippen LogP contribution in [-0.2, 0) is 22.7 Å². The Morgan fingerprint density at radius 3 is 2.97 bits per heavy atom. The molecule has 2 heterocycles. The largest absolute Gasteiger partial charge is 0.496 e. The zero-order valence-electron chi connectivity index (χ0n) is 17.4. The van der Waals surface area contributed by atoms with E-state index in [9.17, 15) is 9.59 Å². The summed E-state index contributed by atoms with van der Waals surface area (Å²) in [6.07, 6.45) is 3.45. The van der Waals surface area contributed by atoms with E-state index in [1.165, 1.54) is 0 Å². The lowest BCUT2D eigenvalue weighted by Gasteiger charge is -2.25. The molecule has 0 saturated carbocycles. The molecule has 7 nitrogen and oxygen atoms in total. The lowest BCUT2D eigenvalue weighted by Crippen LogP contribution is -2.44. The minimum Gasteiger partial charge on any atom is -0.496 e. The van der Waals surface area contributed by atoms with E-state index < -0.39 is 6.04 Å². The topological polar surface area (TPSA) is 76.5 Å². The molecular weight excluding hydrogens is 416 g/mol. The Labute approximate surface area is 185 Å². The number of rotatable bonds is 8. The number of methoxy groups -OCH3 is 1. The van der Waals surface area contributed by atoms with Crippen LogP contribution in [0.1, 0.15) is 24.8 Å². The van der Waals surface area contributed by atoms with Crippen LogP contribution >= 0.6 is 11.6 Å². The lowest BCUT2D eigenvalue weighted by molar-refractivity contribution is -0.135. The second-order valence-electron chi connectivity index (χ2n) is 7.60. The van der Waals surface area contributed by atoms with Crippen LogP contribution in [0, 0.1) is 0 Å². The Balaban J connectivity index is 1.33. The van der Waals surface area contributed by atoms with Crippen LogP contribution in [0.4, 0.5) is 0 Å². The minimum absolute atomic E-state index is 0.00838. The average Bonchev–Trinajstić information content (AvgIpc) is 3.34. The van der Waals surface area contributed by atoms with E-state index in [2.05, 4.69) is 10.4 Å². The summed E-state index contributed by atoms with van der Waals surface area (Å²) in [5.74, 6) is 0.591. The first-order chi connectivity index (χ1) is 15.1. The predicted octanol–water partition coefficient (Wildman–Crippen LogP) is 3.40. The maximum atomic E-state index is 12.8. The highest BCUT2D eigenvalue weighted by Gasteiger charge is 2.36. The van der Waals surface area contributed by atoms with Gasteiger partial charge in [0.15, 0.2) is 0 Å². The Bertz CT molecular complexity index is 1100. The summed E-state index contributed by atoms with van der Waals surface area (Å²) >= 11 is 6.09. The van der Waals surface area contributed by atoms with Gasteiger partial charge in [0.25, 0.3) is 0 Å². The summed E-state index contributed by atoms with van der Waals surface area (Å²) in [5, 5.41) is 9.08. The minimum atomic E-state index is -0.457. The molecule has 1 N–H and O–H groups in total. The molecule has 1 aliphatic rings. The molecule has 2 amide bonds. The maximum Gasteiger partial charge on any atom is 0.242 e. The molecule has 0 radical (unpaired) electrons. The van der Waals surface area contributed by atoms with Crippen molar-refractivity contribution in [1.29, 1.82) is 0 Å². The van der Waals surface area contributed by atoms with E-state index in [0.29, 0.717) is 43.2 Å². The Morgan fingerprint density at radius 1 is 1.29 bits per heavy atom. The number of aromatic nitrogens is 2. The number of ether oxygens (including phenoxy) is 1. The van der Waals surface area contributed by atoms with Gasteiger partial charge in [0.05, 0.1) is 25.4 Å². The van der Waals surface area contributed by atoms with Crippen molar-refractivity contribution in [2.75, 3.05) is 13.7 Å². The molecule has 2 aromatic carbocycles. The van der Waals surface area contributed by atoms with Crippen molar-refractivity contribution in [1.82, 2.24) is 20.0 Å². The molecule has 1 saturated heterocycles. The lowest BCUT2D eigenvalue weighted by atomic mass is 10.1. The van der Waals surface area contributed by atoms with Crippen LogP contribution in [0.3, 0.4) is 0 Å². The molecule has 162 valence electrons. The highest BCUT2D eigenvalue weighted by atomic mass is 35.5. The molecule has 1 aromatic heterocycles. The normalized spacial score (nSPS) is 16.1. The molecule has 0 aliphatic carbocycles. The van der Waals surface area contributed by atoms with Crippen molar-refractivity contribution in [3.63, 3.8) is 0 Å². The summed E-state index contributed by atoms with van der Waals surface area (Å²) in [7, 11) is 1.60. The van der Waals surface area contributed by atoms with Crippen LogP contribution in [0.25, 0.3) is 10.9 Å². The van der Waals surface area contributed by atoms with Crippen LogP contribution in [0.15, 0.2) is 48.7 Å². The van der Waals surface area contributed by atoms with Crippen molar-refractivity contribution in [2.24, 2.45) is 0 Å². The number of hydrogen-bond donors (Lipinski definition) is 1. The van der Waals surface area contributed by atoms with Gasteiger partial charge in [0.2, 0.25) is 11.8 Å². The Kier molecular flexibility index (Phi) is 6.42. The van der Waals surface area contributed by atoms with Crippen LogP contribution in [0.2, 0.25) is 5.02 Å². The Hall–Kier alpha value is -3.06. The number of fused-ring (bicyclic) bond motifs is 1. The highest BCUT2D eigenvalue weighted by Crippen LogP contribution is 2.26. The van der Waals surface area contributed by atoms with E-state index >= 15 is 0 Å². The quantitative estimate of drug-likeness (QED) is 0.545. The van der Waals surface area contributed by atoms with E-state index in [4.69, 9.17) is 16.3 Å². The molecule has 0 spiro atoms. The average molecular weight is 441 g/mol. The van der Waals surface area contributed by atoms with Gasteiger partial charge >= 0.3 is 0 Å².